The summed E-state index contributed by atoms with van der Waals surface area (Å²) in [7, 11) is 10.1. The van der Waals surface area contributed by atoms with Crippen molar-refractivity contribution in [1.29, 1.82) is 0 Å². The van der Waals surface area contributed by atoms with Gasteiger partial charge in [-0.05, 0) is 42.8 Å². The molecule has 0 unspecified atom stereocenters. The van der Waals surface area contributed by atoms with Crippen LogP contribution in [0.25, 0.3) is 10.4 Å². The van der Waals surface area contributed by atoms with Gasteiger partial charge in [-0.1, -0.05) is 58.3 Å². The maximum absolute atomic E-state index is 5.94. The second kappa shape index (κ2) is 7.98. The number of nitrogens with zero attached hydrogens (tertiary/aromatic N) is 1. The van der Waals surface area contributed by atoms with Gasteiger partial charge in [-0.3, -0.25) is 0 Å². The highest BCUT2D eigenvalue weighted by atomic mass is 32.1. The quantitative estimate of drug-likeness (QED) is 0.749. The van der Waals surface area contributed by atoms with Gasteiger partial charge >= 0.3 is 0 Å². The molecule has 2 rings (SSSR count). The number of hydrogen-bond donors (Lipinski definition) is 0. The van der Waals surface area contributed by atoms with Crippen molar-refractivity contribution in [1.82, 2.24) is 4.90 Å². The predicted octanol–water partition coefficient (Wildman–Crippen LogP) is 4.59. The predicted molar refractivity (Wildman–Crippen MR) is 103 cm³/mol. The second-order valence-electron chi connectivity index (χ2n) is 6.57. The molecule has 3 heteroatoms. The van der Waals surface area contributed by atoms with E-state index in [-0.39, 0.29) is 5.41 Å². The van der Waals surface area contributed by atoms with Crippen LogP contribution in [0.15, 0.2) is 30.3 Å². The lowest BCUT2D eigenvalue weighted by atomic mass is 9.91. The van der Waals surface area contributed by atoms with Crippen LogP contribution in [0.1, 0.15) is 45.1 Å². The van der Waals surface area contributed by atoms with Crippen molar-refractivity contribution in [3.05, 3.63) is 40.8 Å². The second-order valence-corrected chi connectivity index (χ2v) is 7.65. The van der Waals surface area contributed by atoms with Gasteiger partial charge < -0.3 is 4.90 Å². The summed E-state index contributed by atoms with van der Waals surface area (Å²) >= 11 is 1.88. The fourth-order valence-corrected chi connectivity index (χ4v) is 3.34. The molecule has 0 N–H and O–H groups in total. The average molecular weight is 313 g/mol. The molecule has 22 heavy (non-hydrogen) atoms. The Morgan fingerprint density at radius 1 is 1.05 bits per heavy atom. The molecule has 0 aliphatic heterocycles. The molecule has 0 saturated carbocycles. The standard InChI is InChI=1S/C17H22BNS.C2H6/c1-17(2,3)16-9-8-15(20-16)14-7-6-13(18)10-12(14)11-19(4)5;1-2/h6-10H,11H2,1-5H3;1-2H3. The molecule has 2 radical (unpaired) electrons. The summed E-state index contributed by atoms with van der Waals surface area (Å²) in [5.74, 6) is 0. The molecule has 1 aromatic heterocycles. The van der Waals surface area contributed by atoms with Crippen molar-refractivity contribution in [2.75, 3.05) is 14.1 Å². The van der Waals surface area contributed by atoms with Crippen molar-refractivity contribution in [2.45, 2.75) is 46.6 Å². The van der Waals surface area contributed by atoms with Crippen molar-refractivity contribution >= 4 is 24.6 Å². The Bertz CT molecular complexity index is 594. The lowest BCUT2D eigenvalue weighted by molar-refractivity contribution is 0.403. The molecule has 0 amide bonds. The summed E-state index contributed by atoms with van der Waals surface area (Å²) in [5, 5.41) is 0. The number of rotatable bonds is 3. The van der Waals surface area contributed by atoms with E-state index < -0.39 is 0 Å². The first-order valence-corrected chi connectivity index (χ1v) is 8.73. The molecule has 0 aliphatic carbocycles. The largest absolute Gasteiger partial charge is 0.305 e. The molecule has 0 fully saturated rings. The zero-order chi connectivity index (χ0) is 16.9. The van der Waals surface area contributed by atoms with E-state index in [1.54, 1.807) is 0 Å². The average Bonchev–Trinajstić information content (AvgIpc) is 2.90. The van der Waals surface area contributed by atoms with Crippen LogP contribution in [-0.2, 0) is 12.0 Å². The maximum Gasteiger partial charge on any atom is 0.113 e. The van der Waals surface area contributed by atoms with Crippen molar-refractivity contribution in [3.8, 4) is 10.4 Å². The Kier molecular flexibility index (Phi) is 6.89. The minimum atomic E-state index is 0.207. The molecule has 1 heterocycles. The summed E-state index contributed by atoms with van der Waals surface area (Å²) in [5.41, 5.74) is 3.63. The summed E-state index contributed by atoms with van der Waals surface area (Å²) in [6.07, 6.45) is 0. The Morgan fingerprint density at radius 3 is 2.18 bits per heavy atom. The van der Waals surface area contributed by atoms with Gasteiger partial charge in [0.25, 0.3) is 0 Å². The van der Waals surface area contributed by atoms with E-state index >= 15 is 0 Å². The molecule has 0 spiro atoms. The Labute approximate surface area is 141 Å². The van der Waals surface area contributed by atoms with Gasteiger partial charge in [-0.25, -0.2) is 0 Å². The summed E-state index contributed by atoms with van der Waals surface area (Å²) in [6.45, 7) is 11.7. The van der Waals surface area contributed by atoms with E-state index in [0.717, 1.165) is 12.0 Å². The third-order valence-electron chi connectivity index (χ3n) is 3.23. The Morgan fingerprint density at radius 2 is 1.68 bits per heavy atom. The number of benzene rings is 1. The van der Waals surface area contributed by atoms with Crippen LogP contribution in [0, 0.1) is 0 Å². The van der Waals surface area contributed by atoms with Crippen LogP contribution in [-0.4, -0.2) is 26.8 Å². The lowest BCUT2D eigenvalue weighted by Gasteiger charge is -2.16. The van der Waals surface area contributed by atoms with Crippen LogP contribution < -0.4 is 5.46 Å². The molecule has 0 bridgehead atoms. The summed E-state index contributed by atoms with van der Waals surface area (Å²) < 4.78 is 0. The van der Waals surface area contributed by atoms with Crippen LogP contribution in [0.5, 0.6) is 0 Å². The lowest BCUT2D eigenvalue weighted by Crippen LogP contribution is -2.14. The van der Waals surface area contributed by atoms with E-state index in [2.05, 4.69) is 64.0 Å². The number of thiophene rings is 1. The van der Waals surface area contributed by atoms with Crippen LogP contribution in [0.3, 0.4) is 0 Å². The molecular weight excluding hydrogens is 285 g/mol. The van der Waals surface area contributed by atoms with E-state index in [1.807, 2.05) is 31.3 Å². The highest BCUT2D eigenvalue weighted by molar-refractivity contribution is 7.15. The monoisotopic (exact) mass is 313 g/mol. The first-order valence-electron chi connectivity index (χ1n) is 7.91. The zero-order valence-electron chi connectivity index (χ0n) is 15.0. The van der Waals surface area contributed by atoms with E-state index in [9.17, 15) is 0 Å². The number of hydrogen-bond acceptors (Lipinski definition) is 2. The molecule has 0 saturated heterocycles. The van der Waals surface area contributed by atoms with Crippen molar-refractivity contribution in [2.24, 2.45) is 0 Å². The molecule has 1 nitrogen and oxygen atoms in total. The van der Waals surface area contributed by atoms with Crippen LogP contribution >= 0.6 is 11.3 Å². The summed E-state index contributed by atoms with van der Waals surface area (Å²) in [4.78, 5) is 4.92. The Balaban J connectivity index is 0.00000116. The highest BCUT2D eigenvalue weighted by Gasteiger charge is 2.17. The maximum atomic E-state index is 5.94. The molecule has 0 atom stereocenters. The van der Waals surface area contributed by atoms with Crippen molar-refractivity contribution in [3.63, 3.8) is 0 Å². The SMILES string of the molecule is CC.[B]c1ccc(-c2ccc(C(C)(C)C)s2)c(CN(C)C)c1. The van der Waals surface area contributed by atoms with Gasteiger partial charge in [0.05, 0.1) is 0 Å². The van der Waals surface area contributed by atoms with Gasteiger partial charge in [-0.2, -0.15) is 0 Å². The first kappa shape index (κ1) is 19.0. The van der Waals surface area contributed by atoms with Crippen molar-refractivity contribution < 1.29 is 0 Å². The zero-order valence-corrected chi connectivity index (χ0v) is 15.8. The first-order chi connectivity index (χ1) is 10.3. The molecular formula is C19H28BNS. The Hall–Kier alpha value is -1.06. The minimum Gasteiger partial charge on any atom is -0.305 e. The van der Waals surface area contributed by atoms with E-state index in [1.165, 1.54) is 20.9 Å². The van der Waals surface area contributed by atoms with Gasteiger partial charge in [0.2, 0.25) is 0 Å². The molecule has 1 aromatic carbocycles. The smallest absolute Gasteiger partial charge is 0.113 e. The van der Waals surface area contributed by atoms with E-state index in [4.69, 9.17) is 7.85 Å². The summed E-state index contributed by atoms with van der Waals surface area (Å²) in [6, 6.07) is 10.7. The topological polar surface area (TPSA) is 3.24 Å². The van der Waals surface area contributed by atoms with Gasteiger partial charge in [0.15, 0.2) is 0 Å². The normalized spacial score (nSPS) is 11.3. The molecule has 2 aromatic rings. The molecule has 0 aliphatic rings. The minimum absolute atomic E-state index is 0.207. The van der Waals surface area contributed by atoms with Crippen LogP contribution in [0.2, 0.25) is 0 Å². The van der Waals surface area contributed by atoms with Gasteiger partial charge in [0, 0.05) is 16.3 Å². The highest BCUT2D eigenvalue weighted by Crippen LogP contribution is 2.36. The van der Waals surface area contributed by atoms with Gasteiger partial charge in [-0.15, -0.1) is 11.3 Å². The fourth-order valence-electron chi connectivity index (χ4n) is 2.21. The third kappa shape index (κ3) is 5.00. The van der Waals surface area contributed by atoms with Crippen LogP contribution in [0.4, 0.5) is 0 Å². The van der Waals surface area contributed by atoms with Gasteiger partial charge in [0.1, 0.15) is 7.85 Å². The third-order valence-corrected chi connectivity index (χ3v) is 4.77. The fraction of sp³-hybridized carbons (Fsp3) is 0.474. The molecule has 118 valence electrons. The van der Waals surface area contributed by atoms with E-state index in [0.29, 0.717) is 0 Å².